The fourth-order valence-electron chi connectivity index (χ4n) is 4.08. The molecule has 0 radical (unpaired) electrons. The molecule has 6 nitrogen and oxygen atoms in total. The minimum absolute atomic E-state index is 0.00553. The van der Waals surface area contributed by atoms with Crippen LogP contribution in [0.25, 0.3) is 21.7 Å². The number of piperazine rings is 1. The van der Waals surface area contributed by atoms with Gasteiger partial charge < -0.3 is 15.3 Å². The van der Waals surface area contributed by atoms with Gasteiger partial charge in [-0.15, -0.1) is 0 Å². The zero-order valence-electron chi connectivity index (χ0n) is 17.8. The summed E-state index contributed by atoms with van der Waals surface area (Å²) in [6.45, 7) is 9.21. The van der Waals surface area contributed by atoms with Crippen LogP contribution in [0.2, 0.25) is 0 Å². The highest BCUT2D eigenvalue weighted by Crippen LogP contribution is 2.23. The lowest BCUT2D eigenvalue weighted by atomic mass is 10.1. The van der Waals surface area contributed by atoms with Crippen molar-refractivity contribution in [3.8, 4) is 0 Å². The van der Waals surface area contributed by atoms with E-state index in [4.69, 9.17) is 5.11 Å². The lowest BCUT2D eigenvalue weighted by Crippen LogP contribution is -2.48. The molecule has 2 N–H and O–H groups in total. The van der Waals surface area contributed by atoms with Crippen LogP contribution in [0.15, 0.2) is 47.4 Å². The van der Waals surface area contributed by atoms with E-state index in [-0.39, 0.29) is 12.0 Å². The number of aromatic nitrogens is 1. The van der Waals surface area contributed by atoms with Gasteiger partial charge in [-0.05, 0) is 49.9 Å². The molecule has 30 heavy (non-hydrogen) atoms. The summed E-state index contributed by atoms with van der Waals surface area (Å²) in [6, 6.07) is 12.3. The van der Waals surface area contributed by atoms with Crippen molar-refractivity contribution in [3.63, 3.8) is 0 Å². The monoisotopic (exact) mass is 406 g/mol. The van der Waals surface area contributed by atoms with Gasteiger partial charge in [0.1, 0.15) is 0 Å². The van der Waals surface area contributed by atoms with Gasteiger partial charge in [0.15, 0.2) is 5.43 Å². The minimum atomic E-state index is 0.00553. The Kier molecular flexibility index (Phi) is 6.16. The van der Waals surface area contributed by atoms with Gasteiger partial charge >= 0.3 is 0 Å². The number of benzene rings is 1. The summed E-state index contributed by atoms with van der Waals surface area (Å²) >= 11 is 0. The second-order valence-electron chi connectivity index (χ2n) is 8.21. The second kappa shape index (κ2) is 8.98. The number of aliphatic hydroxyl groups is 1. The first-order valence-electron chi connectivity index (χ1n) is 10.8. The van der Waals surface area contributed by atoms with Crippen LogP contribution in [0.4, 0.5) is 11.4 Å². The van der Waals surface area contributed by atoms with Gasteiger partial charge in [0.2, 0.25) is 0 Å². The third kappa shape index (κ3) is 4.25. The number of aliphatic hydroxyl groups excluding tert-OH is 1. The fourth-order valence-corrected chi connectivity index (χ4v) is 4.08. The van der Waals surface area contributed by atoms with Crippen molar-refractivity contribution in [2.45, 2.75) is 26.3 Å². The van der Waals surface area contributed by atoms with Crippen molar-refractivity contribution in [1.82, 2.24) is 9.88 Å². The number of rotatable bonds is 6. The van der Waals surface area contributed by atoms with E-state index in [1.807, 2.05) is 42.6 Å². The molecular formula is C24H30N4O2. The number of nitrogens with one attached hydrogen (secondary N) is 1. The maximum Gasteiger partial charge on any atom is 0.195 e. The van der Waals surface area contributed by atoms with Gasteiger partial charge in [-0.3, -0.25) is 14.7 Å². The Hall–Kier alpha value is -2.70. The van der Waals surface area contributed by atoms with E-state index >= 15 is 0 Å². The number of pyridine rings is 1. The summed E-state index contributed by atoms with van der Waals surface area (Å²) in [7, 11) is 0. The Morgan fingerprint density at radius 3 is 2.57 bits per heavy atom. The molecule has 0 amide bonds. The maximum absolute atomic E-state index is 13.4. The van der Waals surface area contributed by atoms with E-state index in [0.717, 1.165) is 48.5 Å². The molecule has 2 heterocycles. The normalized spacial score (nSPS) is 15.3. The van der Waals surface area contributed by atoms with Crippen molar-refractivity contribution in [2.75, 3.05) is 49.5 Å². The minimum Gasteiger partial charge on any atom is -0.396 e. The first-order valence-corrected chi connectivity index (χ1v) is 10.8. The van der Waals surface area contributed by atoms with Crippen molar-refractivity contribution in [1.29, 1.82) is 0 Å². The molecule has 0 saturated carbocycles. The SMILES string of the molecule is CC(C)N1CCN(c2cnc3ccc4ccc(NCCCO)cc4c(=O)c3c2)CC1. The van der Waals surface area contributed by atoms with Gasteiger partial charge in [0.25, 0.3) is 0 Å². The van der Waals surface area contributed by atoms with Crippen LogP contribution in [0.3, 0.4) is 0 Å². The van der Waals surface area contributed by atoms with Crippen LogP contribution in [0, 0.1) is 0 Å². The molecule has 1 aromatic heterocycles. The van der Waals surface area contributed by atoms with Gasteiger partial charge in [0, 0.05) is 56.4 Å². The molecule has 0 spiro atoms. The standard InChI is InChI=1S/C24H30N4O2/c1-17(2)27-9-11-28(12-10-27)20-15-22-23(26-16-20)7-5-18-4-6-19(25-8-3-13-29)14-21(18)24(22)30/h4-7,14-17,25,29H,3,8-13H2,1-2H3. The summed E-state index contributed by atoms with van der Waals surface area (Å²) < 4.78 is 0. The lowest BCUT2D eigenvalue weighted by Gasteiger charge is -2.38. The smallest absolute Gasteiger partial charge is 0.195 e. The lowest BCUT2D eigenvalue weighted by molar-refractivity contribution is 0.209. The van der Waals surface area contributed by atoms with Crippen molar-refractivity contribution >= 4 is 33.1 Å². The highest BCUT2D eigenvalue weighted by Gasteiger charge is 2.19. The fraction of sp³-hybridized carbons (Fsp3) is 0.417. The van der Waals surface area contributed by atoms with Crippen LogP contribution in [0.1, 0.15) is 20.3 Å². The highest BCUT2D eigenvalue weighted by molar-refractivity contribution is 5.94. The molecule has 2 aromatic carbocycles. The molecule has 1 aliphatic rings. The molecule has 3 aromatic rings. The summed E-state index contributed by atoms with van der Waals surface area (Å²) in [5.74, 6) is 0. The molecule has 0 bridgehead atoms. The van der Waals surface area contributed by atoms with Crippen molar-refractivity contribution in [2.24, 2.45) is 0 Å². The zero-order chi connectivity index (χ0) is 21.1. The van der Waals surface area contributed by atoms with Gasteiger partial charge in [-0.2, -0.15) is 0 Å². The van der Waals surface area contributed by atoms with E-state index in [2.05, 4.69) is 33.9 Å². The Morgan fingerprint density at radius 1 is 1.07 bits per heavy atom. The average molecular weight is 407 g/mol. The van der Waals surface area contributed by atoms with E-state index in [1.165, 1.54) is 0 Å². The number of fused-ring (bicyclic) bond motifs is 2. The first kappa shape index (κ1) is 20.6. The summed E-state index contributed by atoms with van der Waals surface area (Å²) in [6.07, 6.45) is 2.56. The van der Waals surface area contributed by atoms with Crippen LogP contribution in [-0.2, 0) is 0 Å². The number of hydrogen-bond acceptors (Lipinski definition) is 6. The van der Waals surface area contributed by atoms with E-state index in [9.17, 15) is 4.79 Å². The van der Waals surface area contributed by atoms with E-state index in [1.54, 1.807) is 0 Å². The Balaban J connectivity index is 1.70. The quantitative estimate of drug-likeness (QED) is 0.613. The largest absolute Gasteiger partial charge is 0.396 e. The van der Waals surface area contributed by atoms with Crippen LogP contribution in [0.5, 0.6) is 0 Å². The molecule has 1 saturated heterocycles. The summed E-state index contributed by atoms with van der Waals surface area (Å²) in [5, 5.41) is 14.5. The van der Waals surface area contributed by atoms with Gasteiger partial charge in [-0.25, -0.2) is 0 Å². The van der Waals surface area contributed by atoms with Crippen molar-refractivity contribution < 1.29 is 5.11 Å². The molecule has 1 fully saturated rings. The third-order valence-corrected chi connectivity index (χ3v) is 5.94. The Bertz CT molecular complexity index is 1090. The molecule has 158 valence electrons. The number of anilines is 2. The summed E-state index contributed by atoms with van der Waals surface area (Å²) in [4.78, 5) is 22.8. The van der Waals surface area contributed by atoms with Crippen molar-refractivity contribution in [3.05, 3.63) is 52.8 Å². The average Bonchev–Trinajstić information content (AvgIpc) is 2.90. The number of nitrogens with zero attached hydrogens (tertiary/aromatic N) is 3. The van der Waals surface area contributed by atoms with Crippen LogP contribution in [-0.4, -0.2) is 60.4 Å². The predicted molar refractivity (Wildman–Crippen MR) is 125 cm³/mol. The second-order valence-corrected chi connectivity index (χ2v) is 8.21. The zero-order valence-corrected chi connectivity index (χ0v) is 17.8. The molecule has 1 aliphatic heterocycles. The topological polar surface area (TPSA) is 68.7 Å². The molecular weight excluding hydrogens is 376 g/mol. The van der Waals surface area contributed by atoms with Crippen LogP contribution >= 0.6 is 0 Å². The first-order chi connectivity index (χ1) is 14.6. The molecule has 4 rings (SSSR count). The number of hydrogen-bond donors (Lipinski definition) is 2. The molecule has 0 atom stereocenters. The predicted octanol–water partition coefficient (Wildman–Crippen LogP) is 3.07. The highest BCUT2D eigenvalue weighted by atomic mass is 16.3. The molecule has 6 heteroatoms. The summed E-state index contributed by atoms with van der Waals surface area (Å²) in [5.41, 5.74) is 2.63. The molecule has 0 aliphatic carbocycles. The van der Waals surface area contributed by atoms with Crippen LogP contribution < -0.4 is 15.6 Å². The maximum atomic E-state index is 13.4. The molecule has 0 unspecified atom stereocenters. The third-order valence-electron chi connectivity index (χ3n) is 5.94. The Labute approximate surface area is 177 Å². The Morgan fingerprint density at radius 2 is 1.83 bits per heavy atom. The van der Waals surface area contributed by atoms with E-state index < -0.39 is 0 Å². The van der Waals surface area contributed by atoms with E-state index in [0.29, 0.717) is 29.8 Å². The van der Waals surface area contributed by atoms with Gasteiger partial charge in [0.05, 0.1) is 22.8 Å². The van der Waals surface area contributed by atoms with Gasteiger partial charge in [-0.1, -0.05) is 12.1 Å².